The molecule has 0 saturated heterocycles. The summed E-state index contributed by atoms with van der Waals surface area (Å²) in [5.41, 5.74) is -0.466. The van der Waals surface area contributed by atoms with Crippen molar-refractivity contribution in [3.8, 4) is 0 Å². The fourth-order valence-electron chi connectivity index (χ4n) is 1.28. The first-order valence-electron chi connectivity index (χ1n) is 5.37. The van der Waals surface area contributed by atoms with Crippen LogP contribution in [0.5, 0.6) is 0 Å². The van der Waals surface area contributed by atoms with Gasteiger partial charge in [0.05, 0.1) is 6.26 Å². The van der Waals surface area contributed by atoms with E-state index in [1.54, 1.807) is 0 Å². The van der Waals surface area contributed by atoms with Gasteiger partial charge in [-0.15, -0.1) is 0 Å². The maximum absolute atomic E-state index is 13.6. The molecule has 0 amide bonds. The number of hydrogen-bond donors (Lipinski definition) is 3. The molecule has 9 heteroatoms. The molecule has 7 nitrogen and oxygen atoms in total. The second-order valence-corrected chi connectivity index (χ2v) is 5.61. The van der Waals surface area contributed by atoms with Gasteiger partial charge < -0.3 is 10.4 Å². The average Bonchev–Trinajstić information content (AvgIpc) is 2.28. The van der Waals surface area contributed by atoms with Gasteiger partial charge in [0.2, 0.25) is 10.0 Å². The van der Waals surface area contributed by atoms with Crippen LogP contribution in [-0.4, -0.2) is 43.8 Å². The van der Waals surface area contributed by atoms with Crippen molar-refractivity contribution in [2.45, 2.75) is 6.42 Å². The van der Waals surface area contributed by atoms with E-state index < -0.39 is 27.4 Å². The average molecular weight is 291 g/mol. The van der Waals surface area contributed by atoms with Crippen LogP contribution in [-0.2, 0) is 10.0 Å². The van der Waals surface area contributed by atoms with Gasteiger partial charge in [0, 0.05) is 19.3 Å². The minimum Gasteiger partial charge on any atom is -0.478 e. The number of carboxylic acid groups (broad SMARTS) is 1. The maximum atomic E-state index is 13.6. The molecule has 0 fully saturated rings. The van der Waals surface area contributed by atoms with E-state index in [2.05, 4.69) is 15.0 Å². The number of anilines is 1. The molecule has 0 aliphatic rings. The van der Waals surface area contributed by atoms with Crippen LogP contribution >= 0.6 is 0 Å². The van der Waals surface area contributed by atoms with Gasteiger partial charge in [0.1, 0.15) is 5.56 Å². The summed E-state index contributed by atoms with van der Waals surface area (Å²) in [5.74, 6) is -2.48. The number of aromatic nitrogens is 1. The van der Waals surface area contributed by atoms with E-state index in [4.69, 9.17) is 5.11 Å². The standard InChI is InChI=1S/C10H14FN3O4S/c1-19(17,18)14-5-2-4-12-9-8(11)7(10(15)16)3-6-13-9/h3,6,14H,2,4-5H2,1H3,(H,12,13)(H,15,16). The number of hydrogen-bond acceptors (Lipinski definition) is 5. The lowest BCUT2D eigenvalue weighted by Crippen LogP contribution is -2.24. The van der Waals surface area contributed by atoms with E-state index in [0.717, 1.165) is 12.3 Å². The van der Waals surface area contributed by atoms with Crippen molar-refractivity contribution in [3.63, 3.8) is 0 Å². The van der Waals surface area contributed by atoms with Crippen molar-refractivity contribution in [3.05, 3.63) is 23.6 Å². The number of nitrogens with one attached hydrogen (secondary N) is 2. The Morgan fingerprint density at radius 3 is 2.74 bits per heavy atom. The van der Waals surface area contributed by atoms with Gasteiger partial charge >= 0.3 is 5.97 Å². The van der Waals surface area contributed by atoms with E-state index in [1.165, 1.54) is 6.20 Å². The second-order valence-electron chi connectivity index (χ2n) is 3.77. The van der Waals surface area contributed by atoms with Crippen molar-refractivity contribution < 1.29 is 22.7 Å². The first kappa shape index (κ1) is 15.3. The Hall–Kier alpha value is -1.74. The molecule has 1 aromatic heterocycles. The molecule has 0 radical (unpaired) electrons. The van der Waals surface area contributed by atoms with Gasteiger partial charge in [-0.3, -0.25) is 0 Å². The molecular weight excluding hydrogens is 277 g/mol. The van der Waals surface area contributed by atoms with Crippen LogP contribution in [0.2, 0.25) is 0 Å². The summed E-state index contributed by atoms with van der Waals surface area (Å²) in [6.07, 6.45) is 2.63. The Morgan fingerprint density at radius 2 is 2.16 bits per heavy atom. The third-order valence-electron chi connectivity index (χ3n) is 2.13. The van der Waals surface area contributed by atoms with E-state index in [0.29, 0.717) is 6.42 Å². The number of rotatable bonds is 7. The van der Waals surface area contributed by atoms with Crippen molar-refractivity contribution in [2.24, 2.45) is 0 Å². The van der Waals surface area contributed by atoms with Gasteiger partial charge in [-0.05, 0) is 12.5 Å². The topological polar surface area (TPSA) is 108 Å². The summed E-state index contributed by atoms with van der Waals surface area (Å²) in [6.45, 7) is 0.460. The molecule has 0 bridgehead atoms. The third kappa shape index (κ3) is 5.18. The smallest absolute Gasteiger partial charge is 0.338 e. The predicted molar refractivity (Wildman–Crippen MR) is 67.1 cm³/mol. The molecule has 1 aromatic rings. The molecule has 0 aliphatic carbocycles. The molecule has 0 unspecified atom stereocenters. The second kappa shape index (κ2) is 6.43. The summed E-state index contributed by atoms with van der Waals surface area (Å²) in [7, 11) is -3.24. The number of sulfonamides is 1. The summed E-state index contributed by atoms with van der Waals surface area (Å²) in [5, 5.41) is 11.3. The Morgan fingerprint density at radius 1 is 1.47 bits per heavy atom. The Bertz CT molecular complexity index is 562. The monoisotopic (exact) mass is 291 g/mol. The highest BCUT2D eigenvalue weighted by Crippen LogP contribution is 2.14. The first-order valence-corrected chi connectivity index (χ1v) is 7.26. The highest BCUT2D eigenvalue weighted by molar-refractivity contribution is 7.88. The molecule has 1 heterocycles. The lowest BCUT2D eigenvalue weighted by molar-refractivity contribution is 0.0692. The fraction of sp³-hybridized carbons (Fsp3) is 0.400. The minimum absolute atomic E-state index is 0.167. The van der Waals surface area contributed by atoms with Crippen LogP contribution in [0.3, 0.4) is 0 Å². The van der Waals surface area contributed by atoms with E-state index in [1.807, 2.05) is 0 Å². The molecule has 3 N–H and O–H groups in total. The Balaban J connectivity index is 2.50. The largest absolute Gasteiger partial charge is 0.478 e. The van der Waals surface area contributed by atoms with Gasteiger partial charge in [-0.25, -0.2) is 27.3 Å². The summed E-state index contributed by atoms with van der Waals surface area (Å²) in [6, 6.07) is 1.06. The Kier molecular flexibility index (Phi) is 5.19. The molecule has 0 spiro atoms. The zero-order chi connectivity index (χ0) is 14.5. The van der Waals surface area contributed by atoms with Crippen LogP contribution in [0, 0.1) is 5.82 Å². The van der Waals surface area contributed by atoms with Crippen LogP contribution < -0.4 is 10.0 Å². The highest BCUT2D eigenvalue weighted by atomic mass is 32.2. The summed E-state index contributed by atoms with van der Waals surface area (Å²) in [4.78, 5) is 14.4. The number of aromatic carboxylic acids is 1. The summed E-state index contributed by atoms with van der Waals surface area (Å²) < 4.78 is 37.4. The lowest BCUT2D eigenvalue weighted by Gasteiger charge is -2.08. The van der Waals surface area contributed by atoms with Crippen LogP contribution in [0.4, 0.5) is 10.2 Å². The van der Waals surface area contributed by atoms with Gasteiger partial charge in [-0.2, -0.15) is 0 Å². The molecule has 0 aromatic carbocycles. The molecule has 106 valence electrons. The van der Waals surface area contributed by atoms with Gasteiger partial charge in [0.25, 0.3) is 0 Å². The molecule has 19 heavy (non-hydrogen) atoms. The molecular formula is C10H14FN3O4S. The number of pyridine rings is 1. The first-order chi connectivity index (χ1) is 8.81. The molecule has 1 rings (SSSR count). The number of carbonyl (C=O) groups is 1. The number of carboxylic acids is 1. The van der Waals surface area contributed by atoms with E-state index >= 15 is 0 Å². The quantitative estimate of drug-likeness (QED) is 0.622. The maximum Gasteiger partial charge on any atom is 0.338 e. The van der Waals surface area contributed by atoms with Crippen LogP contribution in [0.1, 0.15) is 16.8 Å². The molecule has 0 atom stereocenters. The SMILES string of the molecule is CS(=O)(=O)NCCCNc1nccc(C(=O)O)c1F. The van der Waals surface area contributed by atoms with E-state index in [9.17, 15) is 17.6 Å². The zero-order valence-corrected chi connectivity index (χ0v) is 11.0. The third-order valence-corrected chi connectivity index (χ3v) is 2.86. The fourth-order valence-corrected chi connectivity index (χ4v) is 1.80. The van der Waals surface area contributed by atoms with Crippen molar-refractivity contribution in [2.75, 3.05) is 24.7 Å². The van der Waals surface area contributed by atoms with Gasteiger partial charge in [0.15, 0.2) is 11.6 Å². The zero-order valence-electron chi connectivity index (χ0n) is 10.2. The van der Waals surface area contributed by atoms with Crippen molar-refractivity contribution in [1.82, 2.24) is 9.71 Å². The molecule has 0 aliphatic heterocycles. The molecule has 0 saturated carbocycles. The lowest BCUT2D eigenvalue weighted by atomic mass is 10.2. The highest BCUT2D eigenvalue weighted by Gasteiger charge is 2.14. The number of nitrogens with zero attached hydrogens (tertiary/aromatic N) is 1. The van der Waals surface area contributed by atoms with Crippen LogP contribution in [0.25, 0.3) is 0 Å². The number of halogens is 1. The minimum atomic E-state index is -3.24. The Labute approximate surface area is 109 Å². The predicted octanol–water partition coefficient (Wildman–Crippen LogP) is 0.270. The van der Waals surface area contributed by atoms with Crippen molar-refractivity contribution in [1.29, 1.82) is 0 Å². The van der Waals surface area contributed by atoms with E-state index in [-0.39, 0.29) is 18.9 Å². The summed E-state index contributed by atoms with van der Waals surface area (Å²) >= 11 is 0. The normalized spacial score (nSPS) is 11.3. The van der Waals surface area contributed by atoms with Crippen molar-refractivity contribution >= 4 is 21.8 Å². The van der Waals surface area contributed by atoms with Crippen LogP contribution in [0.15, 0.2) is 12.3 Å². The van der Waals surface area contributed by atoms with Gasteiger partial charge in [-0.1, -0.05) is 0 Å².